The van der Waals surface area contributed by atoms with Crippen molar-refractivity contribution in [2.75, 3.05) is 5.32 Å². The highest BCUT2D eigenvalue weighted by molar-refractivity contribution is 6.09. The van der Waals surface area contributed by atoms with Gasteiger partial charge in [0.15, 0.2) is 0 Å². The molecule has 1 aliphatic carbocycles. The van der Waals surface area contributed by atoms with Gasteiger partial charge in [0.05, 0.1) is 10.3 Å². The molecule has 0 fully saturated rings. The molecule has 1 aliphatic heterocycles. The quantitative estimate of drug-likeness (QED) is 0.522. The number of fused-ring (bicyclic) bond motifs is 2. The van der Waals surface area contributed by atoms with Crippen LogP contribution in [-0.4, -0.2) is 17.1 Å². The van der Waals surface area contributed by atoms with Crippen molar-refractivity contribution >= 4 is 23.6 Å². The number of anilines is 1. The highest BCUT2D eigenvalue weighted by Gasteiger charge is 2.57. The maximum absolute atomic E-state index is 13.1. The van der Waals surface area contributed by atoms with Crippen LogP contribution in [0.3, 0.4) is 0 Å². The van der Waals surface area contributed by atoms with E-state index in [0.717, 1.165) is 23.1 Å². The van der Waals surface area contributed by atoms with Crippen molar-refractivity contribution in [1.29, 1.82) is 0 Å². The lowest BCUT2D eigenvalue weighted by Crippen LogP contribution is -2.38. The molecule has 2 atom stereocenters. The fourth-order valence-electron chi connectivity index (χ4n) is 4.38. The zero-order chi connectivity index (χ0) is 18.5. The Hall–Kier alpha value is -3.28. The molecule has 130 valence electrons. The zero-order valence-corrected chi connectivity index (χ0v) is 14.1. The Morgan fingerprint density at radius 1 is 1.23 bits per heavy atom. The van der Waals surface area contributed by atoms with Crippen LogP contribution in [0.15, 0.2) is 59.7 Å². The van der Waals surface area contributed by atoms with E-state index in [4.69, 9.17) is 0 Å². The standard InChI is InChI=1S/C20H16N2O4/c1-12-10-20(16-7-2-3-8-17(16)21-19(20)24)18(15(12)11-23)13-5-4-6-14(9-13)22(25)26/h2-9,11,18H,10H2,1H3,(H,21,24)/t18-,20+/m1/s1. The maximum atomic E-state index is 13.1. The number of nitro benzene ring substituents is 1. The van der Waals surface area contributed by atoms with Crippen molar-refractivity contribution < 1.29 is 14.5 Å². The number of aldehydes is 1. The molecule has 0 unspecified atom stereocenters. The Morgan fingerprint density at radius 3 is 2.73 bits per heavy atom. The Balaban J connectivity index is 1.97. The molecule has 0 saturated carbocycles. The number of rotatable bonds is 3. The first-order valence-electron chi connectivity index (χ1n) is 8.29. The molecule has 0 radical (unpaired) electrons. The molecule has 6 heteroatoms. The number of nitrogens with one attached hydrogen (secondary N) is 1. The largest absolute Gasteiger partial charge is 0.325 e. The Labute approximate surface area is 149 Å². The van der Waals surface area contributed by atoms with E-state index in [1.165, 1.54) is 12.1 Å². The summed E-state index contributed by atoms with van der Waals surface area (Å²) in [4.78, 5) is 35.7. The summed E-state index contributed by atoms with van der Waals surface area (Å²) >= 11 is 0. The molecule has 2 aliphatic rings. The molecule has 1 spiro atoms. The van der Waals surface area contributed by atoms with E-state index in [2.05, 4.69) is 5.32 Å². The Morgan fingerprint density at radius 2 is 2.00 bits per heavy atom. The predicted octanol–water partition coefficient (Wildman–Crippen LogP) is 3.49. The summed E-state index contributed by atoms with van der Waals surface area (Å²) in [5.41, 5.74) is 2.52. The number of allylic oxidation sites excluding steroid dienone is 2. The molecular formula is C20H16N2O4. The molecule has 2 aromatic rings. The average Bonchev–Trinajstić information content (AvgIpc) is 3.09. The number of carbonyl (C=O) groups is 2. The molecule has 0 saturated heterocycles. The van der Waals surface area contributed by atoms with E-state index in [-0.39, 0.29) is 11.6 Å². The number of nitrogens with zero attached hydrogens (tertiary/aromatic N) is 1. The number of hydrogen-bond donors (Lipinski definition) is 1. The minimum atomic E-state index is -0.952. The smallest absolute Gasteiger partial charge is 0.269 e. The van der Waals surface area contributed by atoms with E-state index in [1.807, 2.05) is 31.2 Å². The van der Waals surface area contributed by atoms with E-state index >= 15 is 0 Å². The van der Waals surface area contributed by atoms with Gasteiger partial charge in [0.2, 0.25) is 5.91 Å². The van der Waals surface area contributed by atoms with E-state index in [1.54, 1.807) is 12.1 Å². The normalized spacial score (nSPS) is 23.9. The van der Waals surface area contributed by atoms with Gasteiger partial charge in [0.25, 0.3) is 5.69 Å². The van der Waals surface area contributed by atoms with Crippen LogP contribution < -0.4 is 5.32 Å². The molecule has 1 amide bonds. The van der Waals surface area contributed by atoms with Crippen LogP contribution in [0.1, 0.15) is 30.4 Å². The second-order valence-electron chi connectivity index (χ2n) is 6.79. The molecule has 1 heterocycles. The number of hydrogen-bond acceptors (Lipinski definition) is 4. The number of carbonyl (C=O) groups excluding carboxylic acids is 2. The van der Waals surface area contributed by atoms with Gasteiger partial charge in [-0.2, -0.15) is 0 Å². The summed E-state index contributed by atoms with van der Waals surface area (Å²) in [7, 11) is 0. The van der Waals surface area contributed by atoms with E-state index in [9.17, 15) is 19.7 Å². The first-order valence-corrected chi connectivity index (χ1v) is 8.29. The van der Waals surface area contributed by atoms with Gasteiger partial charge in [-0.1, -0.05) is 35.9 Å². The van der Waals surface area contributed by atoms with Gasteiger partial charge in [-0.3, -0.25) is 19.7 Å². The van der Waals surface area contributed by atoms with Crippen LogP contribution in [-0.2, 0) is 15.0 Å². The monoisotopic (exact) mass is 348 g/mol. The topological polar surface area (TPSA) is 89.3 Å². The number of nitro groups is 1. The molecular weight excluding hydrogens is 332 g/mol. The molecule has 0 aromatic heterocycles. The third-order valence-corrected chi connectivity index (χ3v) is 5.44. The average molecular weight is 348 g/mol. The number of amides is 1. The third-order valence-electron chi connectivity index (χ3n) is 5.44. The van der Waals surface area contributed by atoms with Gasteiger partial charge in [-0.05, 0) is 36.1 Å². The van der Waals surface area contributed by atoms with Gasteiger partial charge in [0, 0.05) is 23.7 Å². The van der Waals surface area contributed by atoms with Crippen LogP contribution in [0.25, 0.3) is 0 Å². The molecule has 6 nitrogen and oxygen atoms in total. The minimum absolute atomic E-state index is 0.0563. The first-order chi connectivity index (χ1) is 12.5. The van der Waals surface area contributed by atoms with Crippen molar-refractivity contribution in [3.05, 3.63) is 80.9 Å². The first kappa shape index (κ1) is 16.2. The summed E-state index contributed by atoms with van der Waals surface area (Å²) in [5.74, 6) is -0.727. The fraction of sp³-hybridized carbons (Fsp3) is 0.200. The summed E-state index contributed by atoms with van der Waals surface area (Å²) < 4.78 is 0. The summed E-state index contributed by atoms with van der Waals surface area (Å²) in [5, 5.41) is 14.1. The zero-order valence-electron chi connectivity index (χ0n) is 14.1. The van der Waals surface area contributed by atoms with Crippen molar-refractivity contribution in [2.45, 2.75) is 24.7 Å². The lowest BCUT2D eigenvalue weighted by atomic mass is 9.68. The minimum Gasteiger partial charge on any atom is -0.325 e. The van der Waals surface area contributed by atoms with Crippen molar-refractivity contribution in [2.24, 2.45) is 0 Å². The van der Waals surface area contributed by atoms with Gasteiger partial charge in [-0.15, -0.1) is 0 Å². The lowest BCUT2D eigenvalue weighted by molar-refractivity contribution is -0.384. The number of benzene rings is 2. The highest BCUT2D eigenvalue weighted by Crippen LogP contribution is 2.58. The predicted molar refractivity (Wildman–Crippen MR) is 96.0 cm³/mol. The SMILES string of the molecule is CC1=C(C=O)[C@@H](c2cccc([N+](=O)[O-])c2)[C@@]2(C1)C(=O)Nc1ccccc12. The molecule has 0 bridgehead atoms. The molecule has 26 heavy (non-hydrogen) atoms. The van der Waals surface area contributed by atoms with Gasteiger partial charge >= 0.3 is 0 Å². The Kier molecular flexibility index (Phi) is 3.50. The van der Waals surface area contributed by atoms with Crippen molar-refractivity contribution in [3.63, 3.8) is 0 Å². The maximum Gasteiger partial charge on any atom is 0.269 e. The number of non-ortho nitro benzene ring substituents is 1. The second-order valence-corrected chi connectivity index (χ2v) is 6.79. The van der Waals surface area contributed by atoms with Crippen LogP contribution in [0, 0.1) is 10.1 Å². The van der Waals surface area contributed by atoms with Gasteiger partial charge < -0.3 is 5.32 Å². The van der Waals surface area contributed by atoms with Crippen LogP contribution in [0.2, 0.25) is 0 Å². The summed E-state index contributed by atoms with van der Waals surface area (Å²) in [6.45, 7) is 1.84. The number of para-hydroxylation sites is 1. The molecule has 4 rings (SSSR count). The van der Waals surface area contributed by atoms with Crippen LogP contribution >= 0.6 is 0 Å². The highest BCUT2D eigenvalue weighted by atomic mass is 16.6. The van der Waals surface area contributed by atoms with Crippen molar-refractivity contribution in [1.82, 2.24) is 0 Å². The van der Waals surface area contributed by atoms with Gasteiger partial charge in [-0.25, -0.2) is 0 Å². The van der Waals surface area contributed by atoms with Crippen molar-refractivity contribution in [3.8, 4) is 0 Å². The molecule has 2 aromatic carbocycles. The van der Waals surface area contributed by atoms with Crippen LogP contribution in [0.4, 0.5) is 11.4 Å². The van der Waals surface area contributed by atoms with E-state index in [0.29, 0.717) is 17.6 Å². The third kappa shape index (κ3) is 2.05. The Bertz CT molecular complexity index is 995. The van der Waals surface area contributed by atoms with Crippen LogP contribution in [0.5, 0.6) is 0 Å². The lowest BCUT2D eigenvalue weighted by Gasteiger charge is -2.31. The van der Waals surface area contributed by atoms with Gasteiger partial charge in [0.1, 0.15) is 6.29 Å². The molecule has 1 N–H and O–H groups in total. The van der Waals surface area contributed by atoms with E-state index < -0.39 is 16.3 Å². The second kappa shape index (κ2) is 5.62. The summed E-state index contributed by atoms with van der Waals surface area (Å²) in [6, 6.07) is 13.6. The summed E-state index contributed by atoms with van der Waals surface area (Å²) in [6.07, 6.45) is 1.19. The fourth-order valence-corrected chi connectivity index (χ4v) is 4.38.